The predicted octanol–water partition coefficient (Wildman–Crippen LogP) is 4.03. The van der Waals surface area contributed by atoms with Gasteiger partial charge < -0.3 is 10.1 Å². The third-order valence-corrected chi connectivity index (χ3v) is 3.43. The van der Waals surface area contributed by atoms with Gasteiger partial charge in [0.15, 0.2) is 0 Å². The van der Waals surface area contributed by atoms with Gasteiger partial charge in [-0.2, -0.15) is 0 Å². The average Bonchev–Trinajstić information content (AvgIpc) is 2.40. The molecule has 106 valence electrons. The number of ether oxygens (including phenoxy) is 1. The quantitative estimate of drug-likeness (QED) is 0.886. The Morgan fingerprint density at radius 1 is 1.15 bits per heavy atom. The number of para-hydroxylation sites is 1. The number of benzene rings is 2. The molecule has 20 heavy (non-hydrogen) atoms. The van der Waals surface area contributed by atoms with E-state index in [9.17, 15) is 8.78 Å². The standard InChI is InChI=1S/C15H14BrF2NO/c1-19-8-10-3-2-4-13(16)15(10)20-9-11-5-6-12(17)7-14(11)18/h2-7,19H,8-9H2,1H3. The smallest absolute Gasteiger partial charge is 0.138 e. The number of halogens is 3. The van der Waals surface area contributed by atoms with Gasteiger partial charge in [-0.05, 0) is 41.2 Å². The topological polar surface area (TPSA) is 21.3 Å². The Balaban J connectivity index is 2.18. The number of rotatable bonds is 5. The molecule has 0 heterocycles. The lowest BCUT2D eigenvalue weighted by molar-refractivity contribution is 0.294. The Bertz CT molecular complexity index is 604. The highest BCUT2D eigenvalue weighted by molar-refractivity contribution is 9.10. The SMILES string of the molecule is CNCc1cccc(Br)c1OCc1ccc(F)cc1F. The van der Waals surface area contributed by atoms with Crippen LogP contribution >= 0.6 is 15.9 Å². The van der Waals surface area contributed by atoms with Gasteiger partial charge in [-0.25, -0.2) is 8.78 Å². The van der Waals surface area contributed by atoms with Crippen molar-refractivity contribution in [2.24, 2.45) is 0 Å². The van der Waals surface area contributed by atoms with E-state index >= 15 is 0 Å². The second-order valence-corrected chi connectivity index (χ2v) is 5.14. The van der Waals surface area contributed by atoms with Crippen LogP contribution in [0.4, 0.5) is 8.78 Å². The molecule has 0 radical (unpaired) electrons. The second-order valence-electron chi connectivity index (χ2n) is 4.28. The fraction of sp³-hybridized carbons (Fsp3) is 0.200. The minimum atomic E-state index is -0.604. The van der Waals surface area contributed by atoms with Crippen molar-refractivity contribution in [3.05, 3.63) is 63.6 Å². The molecule has 0 unspecified atom stereocenters. The van der Waals surface area contributed by atoms with E-state index in [1.807, 2.05) is 25.2 Å². The minimum absolute atomic E-state index is 0.0471. The van der Waals surface area contributed by atoms with Gasteiger partial charge in [-0.3, -0.25) is 0 Å². The summed E-state index contributed by atoms with van der Waals surface area (Å²) in [4.78, 5) is 0. The summed E-state index contributed by atoms with van der Waals surface area (Å²) in [5.74, 6) is -0.541. The van der Waals surface area contributed by atoms with Gasteiger partial charge in [0, 0.05) is 23.7 Å². The van der Waals surface area contributed by atoms with Crippen LogP contribution in [0.3, 0.4) is 0 Å². The summed E-state index contributed by atoms with van der Waals surface area (Å²) in [5.41, 5.74) is 1.28. The van der Waals surface area contributed by atoms with E-state index in [-0.39, 0.29) is 6.61 Å². The predicted molar refractivity (Wildman–Crippen MR) is 77.6 cm³/mol. The summed E-state index contributed by atoms with van der Waals surface area (Å²) >= 11 is 3.41. The molecule has 2 nitrogen and oxygen atoms in total. The van der Waals surface area contributed by atoms with E-state index < -0.39 is 11.6 Å². The zero-order chi connectivity index (χ0) is 14.5. The van der Waals surface area contributed by atoms with E-state index in [4.69, 9.17) is 4.74 Å². The molecule has 2 aromatic carbocycles. The lowest BCUT2D eigenvalue weighted by Gasteiger charge is -2.13. The van der Waals surface area contributed by atoms with E-state index in [0.29, 0.717) is 17.9 Å². The number of hydrogen-bond donors (Lipinski definition) is 1. The van der Waals surface area contributed by atoms with E-state index in [1.54, 1.807) is 0 Å². The Kier molecular flexibility index (Phi) is 5.09. The van der Waals surface area contributed by atoms with Crippen molar-refractivity contribution in [2.75, 3.05) is 7.05 Å². The van der Waals surface area contributed by atoms with Crippen LogP contribution in [0.1, 0.15) is 11.1 Å². The van der Waals surface area contributed by atoms with Gasteiger partial charge in [-0.15, -0.1) is 0 Å². The van der Waals surface area contributed by atoms with Gasteiger partial charge in [-0.1, -0.05) is 12.1 Å². The van der Waals surface area contributed by atoms with Crippen molar-refractivity contribution in [1.29, 1.82) is 0 Å². The van der Waals surface area contributed by atoms with E-state index in [1.165, 1.54) is 12.1 Å². The second kappa shape index (κ2) is 6.81. The lowest BCUT2D eigenvalue weighted by Crippen LogP contribution is -2.08. The maximum Gasteiger partial charge on any atom is 0.138 e. The third kappa shape index (κ3) is 3.55. The first-order valence-corrected chi connectivity index (χ1v) is 6.90. The van der Waals surface area contributed by atoms with Gasteiger partial charge in [0.1, 0.15) is 24.0 Å². The lowest BCUT2D eigenvalue weighted by atomic mass is 10.2. The summed E-state index contributed by atoms with van der Waals surface area (Å²) in [6.45, 7) is 0.687. The Hall–Kier alpha value is -1.46. The molecule has 0 aliphatic carbocycles. The van der Waals surface area contributed by atoms with Crippen molar-refractivity contribution in [3.8, 4) is 5.75 Å². The van der Waals surface area contributed by atoms with Crippen LogP contribution in [0.2, 0.25) is 0 Å². The zero-order valence-electron chi connectivity index (χ0n) is 10.9. The number of hydrogen-bond acceptors (Lipinski definition) is 2. The maximum absolute atomic E-state index is 13.6. The first-order chi connectivity index (χ1) is 9.61. The molecular formula is C15H14BrF2NO. The molecule has 0 bridgehead atoms. The summed E-state index contributed by atoms with van der Waals surface area (Å²) in [6, 6.07) is 9.15. The molecular weight excluding hydrogens is 328 g/mol. The third-order valence-electron chi connectivity index (χ3n) is 2.80. The van der Waals surface area contributed by atoms with Crippen LogP contribution in [-0.2, 0) is 13.2 Å². The van der Waals surface area contributed by atoms with Crippen molar-refractivity contribution in [2.45, 2.75) is 13.2 Å². The monoisotopic (exact) mass is 341 g/mol. The summed E-state index contributed by atoms with van der Waals surface area (Å²) < 4.78 is 32.9. The summed E-state index contributed by atoms with van der Waals surface area (Å²) in [7, 11) is 1.84. The molecule has 0 aliphatic heterocycles. The molecule has 0 atom stereocenters. The van der Waals surface area contributed by atoms with Crippen LogP contribution in [0.5, 0.6) is 5.75 Å². The highest BCUT2D eigenvalue weighted by atomic mass is 79.9. The largest absolute Gasteiger partial charge is 0.487 e. The highest BCUT2D eigenvalue weighted by Crippen LogP contribution is 2.30. The van der Waals surface area contributed by atoms with Gasteiger partial charge in [0.2, 0.25) is 0 Å². The van der Waals surface area contributed by atoms with Gasteiger partial charge >= 0.3 is 0 Å². The molecule has 1 N–H and O–H groups in total. The van der Waals surface area contributed by atoms with Crippen molar-refractivity contribution < 1.29 is 13.5 Å². The molecule has 5 heteroatoms. The van der Waals surface area contributed by atoms with Gasteiger partial charge in [0.05, 0.1) is 4.47 Å². The Morgan fingerprint density at radius 3 is 2.65 bits per heavy atom. The molecule has 0 aliphatic rings. The zero-order valence-corrected chi connectivity index (χ0v) is 12.5. The Labute approximate surface area is 124 Å². The van der Waals surface area contributed by atoms with Crippen LogP contribution in [-0.4, -0.2) is 7.05 Å². The van der Waals surface area contributed by atoms with Crippen molar-refractivity contribution in [1.82, 2.24) is 5.32 Å². The normalized spacial score (nSPS) is 10.6. The molecule has 0 fully saturated rings. The molecule has 0 spiro atoms. The van der Waals surface area contributed by atoms with Crippen LogP contribution < -0.4 is 10.1 Å². The van der Waals surface area contributed by atoms with E-state index in [0.717, 1.165) is 16.1 Å². The fourth-order valence-electron chi connectivity index (χ4n) is 1.83. The Morgan fingerprint density at radius 2 is 1.95 bits per heavy atom. The van der Waals surface area contributed by atoms with Crippen LogP contribution in [0.15, 0.2) is 40.9 Å². The molecule has 0 aromatic heterocycles. The average molecular weight is 342 g/mol. The van der Waals surface area contributed by atoms with Crippen LogP contribution in [0, 0.1) is 11.6 Å². The first kappa shape index (κ1) is 14.9. The van der Waals surface area contributed by atoms with Crippen molar-refractivity contribution in [3.63, 3.8) is 0 Å². The van der Waals surface area contributed by atoms with E-state index in [2.05, 4.69) is 21.2 Å². The number of nitrogens with one attached hydrogen (secondary N) is 1. The molecule has 0 amide bonds. The van der Waals surface area contributed by atoms with Crippen molar-refractivity contribution >= 4 is 15.9 Å². The highest BCUT2D eigenvalue weighted by Gasteiger charge is 2.10. The van der Waals surface area contributed by atoms with Crippen LogP contribution in [0.25, 0.3) is 0 Å². The fourth-order valence-corrected chi connectivity index (χ4v) is 2.36. The maximum atomic E-state index is 13.6. The molecule has 0 saturated carbocycles. The van der Waals surface area contributed by atoms with Gasteiger partial charge in [0.25, 0.3) is 0 Å². The summed E-state index contributed by atoms with van der Waals surface area (Å²) in [5, 5.41) is 3.04. The minimum Gasteiger partial charge on any atom is -0.487 e. The summed E-state index contributed by atoms with van der Waals surface area (Å²) in [6.07, 6.45) is 0. The first-order valence-electron chi connectivity index (χ1n) is 6.10. The molecule has 2 rings (SSSR count). The molecule has 0 saturated heterocycles. The molecule has 2 aromatic rings.